The molecule has 2 heteroatoms. The summed E-state index contributed by atoms with van der Waals surface area (Å²) >= 11 is 0. The van der Waals surface area contributed by atoms with E-state index in [1.54, 1.807) is 0 Å². The highest BCUT2D eigenvalue weighted by atomic mass is 16.5. The first-order chi connectivity index (χ1) is 11.3. The van der Waals surface area contributed by atoms with Crippen LogP contribution in [0.1, 0.15) is 71.1 Å². The van der Waals surface area contributed by atoms with Gasteiger partial charge in [0, 0.05) is 6.42 Å². The van der Waals surface area contributed by atoms with E-state index in [0.717, 1.165) is 19.3 Å². The Morgan fingerprint density at radius 1 is 0.913 bits per heavy atom. The lowest BCUT2D eigenvalue weighted by Crippen LogP contribution is -2.03. The number of ether oxygens (including phenoxy) is 1. The van der Waals surface area contributed by atoms with Gasteiger partial charge in [0.05, 0.1) is 0 Å². The molecule has 0 rings (SSSR count). The Labute approximate surface area is 142 Å². The van der Waals surface area contributed by atoms with Crippen LogP contribution in [0.15, 0.2) is 36.5 Å². The van der Waals surface area contributed by atoms with Crippen molar-refractivity contribution in [1.29, 1.82) is 0 Å². The maximum Gasteiger partial charge on any atom is 0.306 e. The smallest absolute Gasteiger partial charge is 0.306 e. The molecule has 0 aromatic rings. The molecule has 0 aliphatic rings. The molecule has 0 aromatic carbocycles. The largest absolute Gasteiger partial charge is 0.452 e. The van der Waals surface area contributed by atoms with E-state index in [-0.39, 0.29) is 12.6 Å². The molecule has 0 aliphatic carbocycles. The van der Waals surface area contributed by atoms with Gasteiger partial charge in [-0.15, -0.1) is 6.42 Å². The summed E-state index contributed by atoms with van der Waals surface area (Å²) in [5, 5.41) is 0. The van der Waals surface area contributed by atoms with Crippen molar-refractivity contribution < 1.29 is 9.53 Å². The zero-order valence-electron chi connectivity index (χ0n) is 14.6. The van der Waals surface area contributed by atoms with Crippen LogP contribution in [-0.2, 0) is 9.53 Å². The molecule has 0 atom stereocenters. The van der Waals surface area contributed by atoms with Crippen molar-refractivity contribution in [2.75, 3.05) is 6.61 Å². The van der Waals surface area contributed by atoms with Gasteiger partial charge in [-0.05, 0) is 25.7 Å². The lowest BCUT2D eigenvalue weighted by Gasteiger charge is -2.01. The van der Waals surface area contributed by atoms with Crippen molar-refractivity contribution in [2.24, 2.45) is 0 Å². The van der Waals surface area contributed by atoms with E-state index in [0.29, 0.717) is 6.42 Å². The summed E-state index contributed by atoms with van der Waals surface area (Å²) in [6.07, 6.45) is 28.7. The van der Waals surface area contributed by atoms with Gasteiger partial charge < -0.3 is 4.74 Å². The Hall–Kier alpha value is -1.75. The van der Waals surface area contributed by atoms with Gasteiger partial charge in [-0.25, -0.2) is 0 Å². The Bertz CT molecular complexity index is 397. The Balaban J connectivity index is 3.34. The molecular formula is C21H32O2. The predicted molar refractivity (Wildman–Crippen MR) is 99.1 cm³/mol. The number of hydrogen-bond donors (Lipinski definition) is 0. The highest BCUT2D eigenvalue weighted by Gasteiger charge is 2.00. The molecule has 0 radical (unpaired) electrons. The number of terminal acetylenes is 1. The van der Waals surface area contributed by atoms with Gasteiger partial charge in [0.15, 0.2) is 6.61 Å². The van der Waals surface area contributed by atoms with Gasteiger partial charge in [-0.1, -0.05) is 81.4 Å². The van der Waals surface area contributed by atoms with Crippen LogP contribution in [-0.4, -0.2) is 12.6 Å². The molecule has 23 heavy (non-hydrogen) atoms. The summed E-state index contributed by atoms with van der Waals surface area (Å²) in [4.78, 5) is 11.2. The Morgan fingerprint density at radius 2 is 1.52 bits per heavy atom. The topological polar surface area (TPSA) is 26.3 Å². The first-order valence-electron chi connectivity index (χ1n) is 8.88. The molecule has 128 valence electrons. The van der Waals surface area contributed by atoms with Crippen LogP contribution < -0.4 is 0 Å². The van der Waals surface area contributed by atoms with E-state index in [9.17, 15) is 4.79 Å². The monoisotopic (exact) mass is 316 g/mol. The van der Waals surface area contributed by atoms with Crippen LogP contribution in [0, 0.1) is 12.3 Å². The summed E-state index contributed by atoms with van der Waals surface area (Å²) < 4.78 is 4.81. The minimum Gasteiger partial charge on any atom is -0.452 e. The summed E-state index contributed by atoms with van der Waals surface area (Å²) in [6.45, 7) is 2.30. The van der Waals surface area contributed by atoms with Crippen LogP contribution in [0.25, 0.3) is 0 Å². The molecular weight excluding hydrogens is 284 g/mol. The quantitative estimate of drug-likeness (QED) is 0.176. The van der Waals surface area contributed by atoms with Crippen molar-refractivity contribution in [2.45, 2.75) is 71.1 Å². The molecule has 2 nitrogen and oxygen atoms in total. The summed E-state index contributed by atoms with van der Waals surface area (Å²) in [6, 6.07) is 0. The molecule has 0 N–H and O–H groups in total. The second-order valence-corrected chi connectivity index (χ2v) is 5.55. The Kier molecular flexibility index (Phi) is 16.9. The summed E-state index contributed by atoms with van der Waals surface area (Å²) in [5.74, 6) is 2.12. The zero-order valence-corrected chi connectivity index (χ0v) is 14.6. The summed E-state index contributed by atoms with van der Waals surface area (Å²) in [5.41, 5.74) is 0. The maximum atomic E-state index is 11.2. The number of carbonyl (C=O) groups is 1. The first-order valence-corrected chi connectivity index (χ1v) is 8.88. The molecule has 0 bridgehead atoms. The number of unbranched alkanes of at least 4 members (excludes halogenated alkanes) is 7. The molecule has 0 saturated heterocycles. The molecule has 0 saturated carbocycles. The lowest BCUT2D eigenvalue weighted by molar-refractivity contribution is -0.142. The van der Waals surface area contributed by atoms with Crippen molar-refractivity contribution >= 4 is 5.97 Å². The normalized spacial score (nSPS) is 11.5. The lowest BCUT2D eigenvalue weighted by atomic mass is 10.1. The zero-order chi connectivity index (χ0) is 17.0. The third-order valence-corrected chi connectivity index (χ3v) is 3.40. The van der Waals surface area contributed by atoms with Crippen molar-refractivity contribution in [3.05, 3.63) is 36.5 Å². The van der Waals surface area contributed by atoms with Crippen LogP contribution in [0.4, 0.5) is 0 Å². The van der Waals surface area contributed by atoms with E-state index in [1.165, 1.54) is 38.5 Å². The summed E-state index contributed by atoms with van der Waals surface area (Å²) in [7, 11) is 0. The van der Waals surface area contributed by atoms with Crippen molar-refractivity contribution in [1.82, 2.24) is 0 Å². The average Bonchev–Trinajstić information content (AvgIpc) is 2.56. The first kappa shape index (κ1) is 21.2. The molecule has 0 unspecified atom stereocenters. The maximum absolute atomic E-state index is 11.2. The number of allylic oxidation sites excluding steroid dienone is 6. The van der Waals surface area contributed by atoms with Gasteiger partial charge >= 0.3 is 5.97 Å². The fraction of sp³-hybridized carbons (Fsp3) is 0.571. The number of esters is 1. The number of hydrogen-bond acceptors (Lipinski definition) is 2. The van der Waals surface area contributed by atoms with Crippen LogP contribution >= 0.6 is 0 Å². The van der Waals surface area contributed by atoms with Gasteiger partial charge in [0.1, 0.15) is 0 Å². The van der Waals surface area contributed by atoms with Gasteiger partial charge in [-0.2, -0.15) is 0 Å². The Morgan fingerprint density at radius 3 is 2.17 bits per heavy atom. The minimum atomic E-state index is -0.179. The van der Waals surface area contributed by atoms with Gasteiger partial charge in [0.2, 0.25) is 0 Å². The molecule has 0 aromatic heterocycles. The van der Waals surface area contributed by atoms with Crippen molar-refractivity contribution in [3.63, 3.8) is 0 Å². The fourth-order valence-electron chi connectivity index (χ4n) is 2.06. The van der Waals surface area contributed by atoms with Crippen LogP contribution in [0.2, 0.25) is 0 Å². The molecule has 0 heterocycles. The second kappa shape index (κ2) is 18.3. The molecule has 0 spiro atoms. The number of rotatable bonds is 14. The van der Waals surface area contributed by atoms with E-state index < -0.39 is 0 Å². The van der Waals surface area contributed by atoms with E-state index in [4.69, 9.17) is 11.2 Å². The number of carbonyl (C=O) groups excluding carboxylic acids is 1. The fourth-order valence-corrected chi connectivity index (χ4v) is 2.06. The minimum absolute atomic E-state index is 0.0914. The average molecular weight is 316 g/mol. The highest BCUT2D eigenvalue weighted by molar-refractivity contribution is 5.69. The van der Waals surface area contributed by atoms with E-state index in [2.05, 4.69) is 49.3 Å². The third-order valence-electron chi connectivity index (χ3n) is 3.40. The molecule has 0 amide bonds. The van der Waals surface area contributed by atoms with Gasteiger partial charge in [-0.3, -0.25) is 4.79 Å². The predicted octanol–water partition coefficient (Wildman–Crippen LogP) is 5.75. The standard InChI is InChI=1S/C21H32O2/c1-3-5-6-7-8-9-10-11-12-13-14-15-16-17-18-19-21(22)23-20-4-2/h2,7-12H,3,5-6,13-20H2,1H3/b8-7+,10-9+,12-11-. The van der Waals surface area contributed by atoms with Crippen molar-refractivity contribution in [3.8, 4) is 12.3 Å². The van der Waals surface area contributed by atoms with E-state index in [1.807, 2.05) is 0 Å². The molecule has 0 aliphatic heterocycles. The van der Waals surface area contributed by atoms with Crippen LogP contribution in [0.5, 0.6) is 0 Å². The van der Waals surface area contributed by atoms with E-state index >= 15 is 0 Å². The third kappa shape index (κ3) is 18.2. The highest BCUT2D eigenvalue weighted by Crippen LogP contribution is 2.08. The van der Waals surface area contributed by atoms with Crippen LogP contribution in [0.3, 0.4) is 0 Å². The molecule has 0 fully saturated rings. The SMILES string of the molecule is C#CCOC(=O)CCCCCCC\C=C/C=C/C=C/CCCC. The van der Waals surface area contributed by atoms with Gasteiger partial charge in [0.25, 0.3) is 0 Å². The second-order valence-electron chi connectivity index (χ2n) is 5.55.